The van der Waals surface area contributed by atoms with Gasteiger partial charge in [-0.1, -0.05) is 18.2 Å². The molecule has 0 saturated carbocycles. The van der Waals surface area contributed by atoms with Crippen LogP contribution in [0.1, 0.15) is 11.1 Å². The van der Waals surface area contributed by atoms with Crippen LogP contribution >= 0.6 is 11.8 Å². The van der Waals surface area contributed by atoms with Crippen LogP contribution in [0.2, 0.25) is 0 Å². The molecule has 1 atom stereocenters. The monoisotopic (exact) mass is 398 g/mol. The lowest BCUT2D eigenvalue weighted by molar-refractivity contribution is -0.132. The van der Waals surface area contributed by atoms with Crippen molar-refractivity contribution in [3.05, 3.63) is 65.5 Å². The summed E-state index contributed by atoms with van der Waals surface area (Å²) in [5.74, 6) is 0.679. The molecule has 144 valence electrons. The number of benzene rings is 2. The van der Waals surface area contributed by atoms with Gasteiger partial charge in [0.05, 0.1) is 18.2 Å². The van der Waals surface area contributed by atoms with Crippen LogP contribution in [0, 0.1) is 5.82 Å². The fourth-order valence-electron chi connectivity index (χ4n) is 3.23. The molecular formula is C21H19FN2O3S. The summed E-state index contributed by atoms with van der Waals surface area (Å²) in [5, 5.41) is 2.58. The van der Waals surface area contributed by atoms with Crippen molar-refractivity contribution in [2.45, 2.75) is 12.5 Å². The molecule has 1 unspecified atom stereocenters. The van der Waals surface area contributed by atoms with Crippen LogP contribution in [-0.2, 0) is 16.0 Å². The van der Waals surface area contributed by atoms with Crippen LogP contribution in [0.15, 0.2) is 48.5 Å². The quantitative estimate of drug-likeness (QED) is 0.803. The highest BCUT2D eigenvalue weighted by atomic mass is 32.2. The lowest BCUT2D eigenvalue weighted by atomic mass is 10.1. The van der Waals surface area contributed by atoms with Crippen LogP contribution in [0.25, 0.3) is 6.08 Å². The van der Waals surface area contributed by atoms with E-state index in [1.807, 2.05) is 18.2 Å². The molecular weight excluding hydrogens is 379 g/mol. The van der Waals surface area contributed by atoms with E-state index in [1.165, 1.54) is 34.9 Å². The third-order valence-corrected chi connectivity index (χ3v) is 5.74. The summed E-state index contributed by atoms with van der Waals surface area (Å²) in [7, 11) is 0. The zero-order valence-electron chi connectivity index (χ0n) is 15.1. The topological polar surface area (TPSA) is 58.6 Å². The molecule has 2 amide bonds. The van der Waals surface area contributed by atoms with Crippen molar-refractivity contribution >= 4 is 35.3 Å². The number of hydrogen-bond donors (Lipinski definition) is 1. The molecule has 5 nitrogen and oxygen atoms in total. The van der Waals surface area contributed by atoms with Gasteiger partial charge in [0.1, 0.15) is 17.6 Å². The van der Waals surface area contributed by atoms with Crippen molar-refractivity contribution in [3.63, 3.8) is 0 Å². The number of amides is 2. The number of anilines is 1. The Labute approximate surface area is 166 Å². The van der Waals surface area contributed by atoms with Gasteiger partial charge in [-0.2, -0.15) is 0 Å². The zero-order valence-corrected chi connectivity index (χ0v) is 15.9. The number of para-hydroxylation sites is 1. The Morgan fingerprint density at radius 2 is 2.11 bits per heavy atom. The van der Waals surface area contributed by atoms with Gasteiger partial charge in [-0.15, -0.1) is 11.8 Å². The standard InChI is InChI=1S/C21H19FN2O3S/c22-16-3-1-2-4-17(16)23-21(26)18-12-28-13-24(18)20(25)8-6-14-5-7-19-15(11-14)9-10-27-19/h1-8,11,18H,9-10,12-13H2,(H,23,26)/b8-6+. The average Bonchev–Trinajstić information content (AvgIpc) is 3.36. The van der Waals surface area contributed by atoms with E-state index >= 15 is 0 Å². The number of ether oxygens (including phenoxy) is 1. The summed E-state index contributed by atoms with van der Waals surface area (Å²) in [4.78, 5) is 26.7. The third kappa shape index (κ3) is 3.89. The van der Waals surface area contributed by atoms with Gasteiger partial charge in [-0.25, -0.2) is 4.39 Å². The highest BCUT2D eigenvalue weighted by Crippen LogP contribution is 2.27. The number of carbonyl (C=O) groups excluding carboxylic acids is 2. The van der Waals surface area contributed by atoms with Crippen LogP contribution in [-0.4, -0.2) is 41.0 Å². The Balaban J connectivity index is 1.43. The predicted molar refractivity (Wildman–Crippen MR) is 108 cm³/mol. The lowest BCUT2D eigenvalue weighted by Crippen LogP contribution is -2.44. The highest BCUT2D eigenvalue weighted by molar-refractivity contribution is 7.99. The Morgan fingerprint density at radius 1 is 1.25 bits per heavy atom. The Hall–Kier alpha value is -2.80. The Bertz CT molecular complexity index is 947. The van der Waals surface area contributed by atoms with Crippen molar-refractivity contribution < 1.29 is 18.7 Å². The molecule has 1 fully saturated rings. The molecule has 1 N–H and O–H groups in total. The Morgan fingerprint density at radius 3 is 2.96 bits per heavy atom. The van der Waals surface area contributed by atoms with Crippen molar-refractivity contribution in [1.82, 2.24) is 4.90 Å². The number of thioether (sulfide) groups is 1. The molecule has 0 aliphatic carbocycles. The van der Waals surface area contributed by atoms with Gasteiger partial charge < -0.3 is 15.0 Å². The third-order valence-electron chi connectivity index (χ3n) is 4.73. The maximum absolute atomic E-state index is 13.8. The van der Waals surface area contributed by atoms with Gasteiger partial charge in [0, 0.05) is 18.2 Å². The minimum Gasteiger partial charge on any atom is -0.493 e. The van der Waals surface area contributed by atoms with E-state index in [2.05, 4.69) is 5.32 Å². The number of nitrogens with zero attached hydrogens (tertiary/aromatic N) is 1. The Kier molecular flexibility index (Phi) is 5.34. The first-order valence-corrected chi connectivity index (χ1v) is 10.1. The van der Waals surface area contributed by atoms with Gasteiger partial charge in [0.2, 0.25) is 11.8 Å². The number of carbonyl (C=O) groups is 2. The largest absolute Gasteiger partial charge is 0.493 e. The predicted octanol–water partition coefficient (Wildman–Crippen LogP) is 3.31. The molecule has 2 aromatic carbocycles. The number of halogens is 1. The molecule has 2 heterocycles. The normalized spacial score (nSPS) is 18.2. The minimum absolute atomic E-state index is 0.118. The van der Waals surface area contributed by atoms with E-state index in [0.29, 0.717) is 18.2 Å². The number of nitrogens with one attached hydrogen (secondary N) is 1. The summed E-state index contributed by atoms with van der Waals surface area (Å²) in [6, 6.07) is 11.2. The first-order chi connectivity index (χ1) is 13.6. The van der Waals surface area contributed by atoms with Crippen molar-refractivity contribution in [2.75, 3.05) is 23.6 Å². The highest BCUT2D eigenvalue weighted by Gasteiger charge is 2.34. The number of fused-ring (bicyclic) bond motifs is 1. The van der Waals surface area contributed by atoms with Crippen LogP contribution in [0.5, 0.6) is 5.75 Å². The van der Waals surface area contributed by atoms with Gasteiger partial charge in [-0.05, 0) is 41.5 Å². The lowest BCUT2D eigenvalue weighted by Gasteiger charge is -2.21. The maximum Gasteiger partial charge on any atom is 0.248 e. The van der Waals surface area contributed by atoms with E-state index in [1.54, 1.807) is 18.2 Å². The van der Waals surface area contributed by atoms with Crippen LogP contribution in [0.4, 0.5) is 10.1 Å². The smallest absolute Gasteiger partial charge is 0.248 e. The van der Waals surface area contributed by atoms with Gasteiger partial charge in [-0.3, -0.25) is 9.59 Å². The first-order valence-electron chi connectivity index (χ1n) is 8.99. The SMILES string of the molecule is O=C(Nc1ccccc1F)C1CSCN1C(=O)/C=C/c1ccc2c(c1)CCO2. The van der Waals surface area contributed by atoms with Crippen molar-refractivity contribution in [2.24, 2.45) is 0 Å². The molecule has 1 saturated heterocycles. The van der Waals surface area contributed by atoms with Crippen molar-refractivity contribution in [1.29, 1.82) is 0 Å². The van der Waals surface area contributed by atoms with Crippen molar-refractivity contribution in [3.8, 4) is 5.75 Å². The summed E-state index contributed by atoms with van der Waals surface area (Å²) in [6.07, 6.45) is 4.09. The molecule has 2 aromatic rings. The second-order valence-corrected chi connectivity index (χ2v) is 7.59. The van der Waals surface area contributed by atoms with Gasteiger partial charge >= 0.3 is 0 Å². The molecule has 0 bridgehead atoms. The van der Waals surface area contributed by atoms with E-state index in [-0.39, 0.29) is 17.5 Å². The molecule has 7 heteroatoms. The second-order valence-electron chi connectivity index (χ2n) is 6.59. The van der Waals surface area contributed by atoms with Gasteiger partial charge in [0.15, 0.2) is 0 Å². The van der Waals surface area contributed by atoms with E-state index in [4.69, 9.17) is 4.74 Å². The fourth-order valence-corrected chi connectivity index (χ4v) is 4.39. The first kappa shape index (κ1) is 18.6. The van der Waals surface area contributed by atoms with Gasteiger partial charge in [0.25, 0.3) is 0 Å². The van der Waals surface area contributed by atoms with E-state index in [0.717, 1.165) is 23.3 Å². The molecule has 0 radical (unpaired) electrons. The molecule has 28 heavy (non-hydrogen) atoms. The molecule has 0 aromatic heterocycles. The molecule has 4 rings (SSSR count). The molecule has 2 aliphatic heterocycles. The maximum atomic E-state index is 13.8. The average molecular weight is 398 g/mol. The number of hydrogen-bond acceptors (Lipinski definition) is 4. The number of rotatable bonds is 4. The summed E-state index contributed by atoms with van der Waals surface area (Å²) in [6.45, 7) is 0.686. The second kappa shape index (κ2) is 8.06. The molecule has 0 spiro atoms. The fraction of sp³-hybridized carbons (Fsp3) is 0.238. The summed E-state index contributed by atoms with van der Waals surface area (Å²) in [5.41, 5.74) is 2.16. The summed E-state index contributed by atoms with van der Waals surface area (Å²) < 4.78 is 19.3. The van der Waals surface area contributed by atoms with E-state index in [9.17, 15) is 14.0 Å². The van der Waals surface area contributed by atoms with Crippen LogP contribution in [0.3, 0.4) is 0 Å². The van der Waals surface area contributed by atoms with Crippen LogP contribution < -0.4 is 10.1 Å². The molecule has 2 aliphatic rings. The van der Waals surface area contributed by atoms with E-state index < -0.39 is 11.9 Å². The minimum atomic E-state index is -0.629. The zero-order chi connectivity index (χ0) is 19.5. The summed E-state index contributed by atoms with van der Waals surface area (Å²) >= 11 is 1.50.